The highest BCUT2D eigenvalue weighted by molar-refractivity contribution is 5.61. The number of nitrogens with two attached hydrogens (primary N) is 1. The van der Waals surface area contributed by atoms with Crippen LogP contribution in [-0.4, -0.2) is 34.9 Å². The number of aromatic nitrogens is 2. The van der Waals surface area contributed by atoms with Crippen molar-refractivity contribution in [3.05, 3.63) is 50.7 Å². The summed E-state index contributed by atoms with van der Waals surface area (Å²) >= 11 is 0. The van der Waals surface area contributed by atoms with Crippen molar-refractivity contribution < 1.29 is 9.84 Å². The second-order valence-corrected chi connectivity index (χ2v) is 6.48. The number of nitrogen functional groups attached to an aromatic ring is 1. The van der Waals surface area contributed by atoms with Crippen LogP contribution in [-0.2, 0) is 6.54 Å². The van der Waals surface area contributed by atoms with Crippen LogP contribution >= 0.6 is 0 Å². The van der Waals surface area contributed by atoms with Gasteiger partial charge in [-0.2, -0.15) is 0 Å². The van der Waals surface area contributed by atoms with Crippen LogP contribution in [0.15, 0.2) is 33.9 Å². The minimum atomic E-state index is -0.639. The number of H-pyrrole nitrogens is 1. The van der Waals surface area contributed by atoms with Gasteiger partial charge in [0.15, 0.2) is 0 Å². The highest BCUT2D eigenvalue weighted by atomic mass is 16.5. The Bertz CT molecular complexity index is 873. The molecule has 8 nitrogen and oxygen atoms in total. The van der Waals surface area contributed by atoms with E-state index in [0.717, 1.165) is 12.8 Å². The molecule has 2 aromatic rings. The lowest BCUT2D eigenvalue weighted by atomic mass is 10.1. The molecule has 1 aromatic carbocycles. The molecule has 1 heterocycles. The van der Waals surface area contributed by atoms with Gasteiger partial charge in [-0.15, -0.1) is 0 Å². The lowest BCUT2D eigenvalue weighted by Gasteiger charge is -2.22. The summed E-state index contributed by atoms with van der Waals surface area (Å²) in [5, 5.41) is 9.81. The molecule has 0 saturated carbocycles. The first-order chi connectivity index (χ1) is 12.9. The number of benzene rings is 1. The van der Waals surface area contributed by atoms with Crippen molar-refractivity contribution in [2.45, 2.75) is 39.3 Å². The van der Waals surface area contributed by atoms with Gasteiger partial charge in [0.05, 0.1) is 12.6 Å². The first-order valence-corrected chi connectivity index (χ1v) is 9.10. The fourth-order valence-corrected chi connectivity index (χ4v) is 2.85. The third-order valence-electron chi connectivity index (χ3n) is 4.38. The monoisotopic (exact) mass is 376 g/mol. The van der Waals surface area contributed by atoms with Gasteiger partial charge in [0.1, 0.15) is 23.9 Å². The number of ether oxygens (including phenoxy) is 1. The van der Waals surface area contributed by atoms with Crippen molar-refractivity contribution in [2.75, 3.05) is 30.8 Å². The maximum atomic E-state index is 12.2. The molecule has 148 valence electrons. The summed E-state index contributed by atoms with van der Waals surface area (Å²) in [5.74, 6) is 0.750. The number of likely N-dealkylation sites (N-methyl/N-ethyl adjacent to an activating group) is 1. The molecular weight excluding hydrogens is 348 g/mol. The van der Waals surface area contributed by atoms with Crippen LogP contribution in [0.3, 0.4) is 0 Å². The lowest BCUT2D eigenvalue weighted by Crippen LogP contribution is -2.38. The number of anilines is 2. The number of aliphatic hydroxyl groups excluding tert-OH is 1. The summed E-state index contributed by atoms with van der Waals surface area (Å²) in [5.41, 5.74) is 6.04. The molecule has 0 amide bonds. The Morgan fingerprint density at radius 3 is 2.70 bits per heavy atom. The number of para-hydroxylation sites is 1. The normalized spacial score (nSPS) is 12.0. The molecule has 0 bridgehead atoms. The molecule has 0 aliphatic heterocycles. The van der Waals surface area contributed by atoms with E-state index >= 15 is 0 Å². The van der Waals surface area contributed by atoms with E-state index in [1.54, 1.807) is 31.0 Å². The smallest absolute Gasteiger partial charge is 0.330 e. The van der Waals surface area contributed by atoms with Crippen molar-refractivity contribution in [3.63, 3.8) is 0 Å². The summed E-state index contributed by atoms with van der Waals surface area (Å²) in [6.45, 7) is 4.81. The SMILES string of the molecule is CCCCn1c(N)c(N(C)CCOc2ccccc2[C@H](C)O)c(=O)[nH]c1=O. The molecule has 0 aliphatic carbocycles. The first kappa shape index (κ1) is 20.6. The van der Waals surface area contributed by atoms with Gasteiger partial charge in [-0.25, -0.2) is 4.79 Å². The average Bonchev–Trinajstić information content (AvgIpc) is 2.61. The predicted molar refractivity (Wildman–Crippen MR) is 106 cm³/mol. The van der Waals surface area contributed by atoms with E-state index in [2.05, 4.69) is 4.98 Å². The number of hydrogen-bond donors (Lipinski definition) is 3. The summed E-state index contributed by atoms with van der Waals surface area (Å²) in [6, 6.07) is 7.25. The minimum Gasteiger partial charge on any atom is -0.491 e. The van der Waals surface area contributed by atoms with Gasteiger partial charge in [0.25, 0.3) is 5.56 Å². The predicted octanol–water partition coefficient (Wildman–Crippen LogP) is 1.49. The summed E-state index contributed by atoms with van der Waals surface area (Å²) in [6.07, 6.45) is 1.06. The Labute approximate surface area is 158 Å². The quantitative estimate of drug-likeness (QED) is 0.611. The number of nitrogens with one attached hydrogen (secondary N) is 1. The molecule has 1 atom stereocenters. The number of aromatic amines is 1. The fourth-order valence-electron chi connectivity index (χ4n) is 2.85. The molecule has 0 unspecified atom stereocenters. The number of aliphatic hydroxyl groups is 1. The van der Waals surface area contributed by atoms with E-state index in [9.17, 15) is 14.7 Å². The van der Waals surface area contributed by atoms with Crippen LogP contribution in [0.1, 0.15) is 38.4 Å². The topological polar surface area (TPSA) is 114 Å². The van der Waals surface area contributed by atoms with E-state index in [-0.39, 0.29) is 18.1 Å². The molecular formula is C19H28N4O4. The Morgan fingerprint density at radius 2 is 2.04 bits per heavy atom. The van der Waals surface area contributed by atoms with Crippen LogP contribution in [0.4, 0.5) is 11.5 Å². The van der Waals surface area contributed by atoms with Crippen LogP contribution in [0.5, 0.6) is 5.75 Å². The summed E-state index contributed by atoms with van der Waals surface area (Å²) < 4.78 is 7.16. The zero-order chi connectivity index (χ0) is 20.0. The number of hydrogen-bond acceptors (Lipinski definition) is 6. The number of unbranched alkanes of at least 4 members (excludes halogenated alkanes) is 1. The van der Waals surface area contributed by atoms with Gasteiger partial charge in [-0.05, 0) is 19.4 Å². The highest BCUT2D eigenvalue weighted by Crippen LogP contribution is 2.24. The molecule has 0 spiro atoms. The van der Waals surface area contributed by atoms with E-state index in [4.69, 9.17) is 10.5 Å². The van der Waals surface area contributed by atoms with Crippen molar-refractivity contribution in [2.24, 2.45) is 0 Å². The molecule has 27 heavy (non-hydrogen) atoms. The standard InChI is InChI=1S/C19H28N4O4/c1-4-5-10-23-17(20)16(18(25)21-19(23)26)22(3)11-12-27-15-9-7-6-8-14(15)13(2)24/h6-9,13,24H,4-5,10-12,20H2,1-3H3,(H,21,25,26)/t13-/m0/s1. The van der Waals surface area contributed by atoms with Crippen molar-refractivity contribution in [1.82, 2.24) is 9.55 Å². The van der Waals surface area contributed by atoms with Crippen LogP contribution in [0.25, 0.3) is 0 Å². The van der Waals surface area contributed by atoms with Gasteiger partial charge in [-0.3, -0.25) is 14.3 Å². The lowest BCUT2D eigenvalue weighted by molar-refractivity contribution is 0.191. The van der Waals surface area contributed by atoms with Crippen molar-refractivity contribution in [1.29, 1.82) is 0 Å². The third-order valence-corrected chi connectivity index (χ3v) is 4.38. The Kier molecular flexibility index (Phi) is 7.06. The molecule has 2 rings (SSSR count). The van der Waals surface area contributed by atoms with Crippen LogP contribution < -0.4 is 26.6 Å². The third kappa shape index (κ3) is 4.91. The van der Waals surface area contributed by atoms with Gasteiger partial charge in [0, 0.05) is 19.2 Å². The van der Waals surface area contributed by atoms with E-state index in [0.29, 0.717) is 24.4 Å². The average molecular weight is 376 g/mol. The maximum Gasteiger partial charge on any atom is 0.330 e. The maximum absolute atomic E-state index is 12.2. The zero-order valence-electron chi connectivity index (χ0n) is 16.1. The molecule has 8 heteroatoms. The van der Waals surface area contributed by atoms with Gasteiger partial charge in [0.2, 0.25) is 0 Å². The van der Waals surface area contributed by atoms with Crippen molar-refractivity contribution >= 4 is 11.5 Å². The second-order valence-electron chi connectivity index (χ2n) is 6.48. The largest absolute Gasteiger partial charge is 0.491 e. The number of nitrogens with zero attached hydrogens (tertiary/aromatic N) is 2. The van der Waals surface area contributed by atoms with Crippen LogP contribution in [0.2, 0.25) is 0 Å². The Morgan fingerprint density at radius 1 is 1.33 bits per heavy atom. The van der Waals surface area contributed by atoms with E-state index < -0.39 is 17.4 Å². The highest BCUT2D eigenvalue weighted by Gasteiger charge is 2.16. The molecule has 0 saturated heterocycles. The van der Waals surface area contributed by atoms with Gasteiger partial charge in [-0.1, -0.05) is 31.5 Å². The molecule has 0 aliphatic rings. The van der Waals surface area contributed by atoms with Crippen molar-refractivity contribution in [3.8, 4) is 5.75 Å². The molecule has 4 N–H and O–H groups in total. The van der Waals surface area contributed by atoms with Gasteiger partial charge >= 0.3 is 5.69 Å². The number of rotatable bonds is 9. The molecule has 0 fully saturated rings. The Hall–Kier alpha value is -2.74. The summed E-state index contributed by atoms with van der Waals surface area (Å²) in [7, 11) is 1.72. The second kappa shape index (κ2) is 9.27. The van der Waals surface area contributed by atoms with E-state index in [1.807, 2.05) is 19.1 Å². The minimum absolute atomic E-state index is 0.157. The Balaban J connectivity index is 2.14. The van der Waals surface area contributed by atoms with E-state index in [1.165, 1.54) is 4.57 Å². The fraction of sp³-hybridized carbons (Fsp3) is 0.474. The molecule has 1 aromatic heterocycles. The van der Waals surface area contributed by atoms with Gasteiger partial charge < -0.3 is 20.5 Å². The first-order valence-electron chi connectivity index (χ1n) is 9.10. The molecule has 0 radical (unpaired) electrons. The summed E-state index contributed by atoms with van der Waals surface area (Å²) in [4.78, 5) is 28.2. The van der Waals surface area contributed by atoms with Crippen LogP contribution in [0, 0.1) is 0 Å². The zero-order valence-corrected chi connectivity index (χ0v) is 16.1.